The molecule has 5 heteroatoms. The molecule has 20 heavy (non-hydrogen) atoms. The summed E-state index contributed by atoms with van der Waals surface area (Å²) < 4.78 is 13.0. The molecule has 0 unspecified atom stereocenters. The zero-order chi connectivity index (χ0) is 15.3. The van der Waals surface area contributed by atoms with Crippen LogP contribution in [0.2, 0.25) is 0 Å². The highest BCUT2D eigenvalue weighted by atomic mass is 79.9. The van der Waals surface area contributed by atoms with Crippen molar-refractivity contribution in [2.24, 2.45) is 5.41 Å². The Morgan fingerprint density at radius 3 is 2.25 bits per heavy atom. The van der Waals surface area contributed by atoms with Gasteiger partial charge in [0.15, 0.2) is 0 Å². The van der Waals surface area contributed by atoms with E-state index in [0.29, 0.717) is 12.6 Å². The van der Waals surface area contributed by atoms with Gasteiger partial charge in [0.25, 0.3) is 0 Å². The molecule has 0 spiro atoms. The van der Waals surface area contributed by atoms with Crippen LogP contribution >= 0.6 is 31.9 Å². The average Bonchev–Trinajstić information content (AvgIpc) is 2.37. The standard InChI is InChI=1S/C15H23Br2NO2/c1-10(2)18-8-15(3,4)9-20-14-7-11(16)13(19-5)6-12(14)17/h6-7,10,18H,8-9H2,1-5H3. The molecule has 0 saturated carbocycles. The van der Waals surface area contributed by atoms with Crippen molar-refractivity contribution in [3.8, 4) is 11.5 Å². The zero-order valence-electron chi connectivity index (χ0n) is 12.7. The van der Waals surface area contributed by atoms with Gasteiger partial charge in [-0.25, -0.2) is 0 Å². The molecular formula is C15H23Br2NO2. The van der Waals surface area contributed by atoms with Gasteiger partial charge in [0.1, 0.15) is 11.5 Å². The van der Waals surface area contributed by atoms with Crippen LogP contribution in [0, 0.1) is 5.41 Å². The van der Waals surface area contributed by atoms with Gasteiger partial charge in [0.05, 0.1) is 22.7 Å². The zero-order valence-corrected chi connectivity index (χ0v) is 15.9. The molecule has 0 bridgehead atoms. The Morgan fingerprint density at radius 2 is 1.70 bits per heavy atom. The van der Waals surface area contributed by atoms with Gasteiger partial charge >= 0.3 is 0 Å². The summed E-state index contributed by atoms with van der Waals surface area (Å²) in [6.45, 7) is 10.2. The van der Waals surface area contributed by atoms with Gasteiger partial charge in [-0.2, -0.15) is 0 Å². The first kappa shape index (κ1) is 17.8. The van der Waals surface area contributed by atoms with Crippen molar-refractivity contribution in [3.05, 3.63) is 21.1 Å². The molecule has 114 valence electrons. The van der Waals surface area contributed by atoms with Crippen LogP contribution in [-0.4, -0.2) is 26.3 Å². The fourth-order valence-corrected chi connectivity index (χ4v) is 2.50. The minimum Gasteiger partial charge on any atom is -0.496 e. The summed E-state index contributed by atoms with van der Waals surface area (Å²) in [5.74, 6) is 1.60. The van der Waals surface area contributed by atoms with Crippen molar-refractivity contribution >= 4 is 31.9 Å². The summed E-state index contributed by atoms with van der Waals surface area (Å²) >= 11 is 6.98. The van der Waals surface area contributed by atoms with Crippen LogP contribution in [0.3, 0.4) is 0 Å². The van der Waals surface area contributed by atoms with E-state index in [1.54, 1.807) is 7.11 Å². The Bertz CT molecular complexity index is 448. The van der Waals surface area contributed by atoms with Crippen molar-refractivity contribution < 1.29 is 9.47 Å². The van der Waals surface area contributed by atoms with Gasteiger partial charge in [-0.15, -0.1) is 0 Å². The molecule has 1 rings (SSSR count). The van der Waals surface area contributed by atoms with E-state index >= 15 is 0 Å². The number of nitrogens with one attached hydrogen (secondary N) is 1. The van der Waals surface area contributed by atoms with Gasteiger partial charge in [0.2, 0.25) is 0 Å². The average molecular weight is 409 g/mol. The maximum Gasteiger partial charge on any atom is 0.134 e. The van der Waals surface area contributed by atoms with Crippen LogP contribution < -0.4 is 14.8 Å². The summed E-state index contributed by atoms with van der Waals surface area (Å²) in [7, 11) is 1.65. The molecule has 1 aromatic carbocycles. The van der Waals surface area contributed by atoms with Gasteiger partial charge in [-0.1, -0.05) is 27.7 Å². The van der Waals surface area contributed by atoms with Crippen LogP contribution in [0.1, 0.15) is 27.7 Å². The number of hydrogen-bond donors (Lipinski definition) is 1. The molecule has 0 aliphatic carbocycles. The summed E-state index contributed by atoms with van der Waals surface area (Å²) in [5.41, 5.74) is 0.0656. The lowest BCUT2D eigenvalue weighted by atomic mass is 9.94. The second kappa shape index (κ2) is 7.66. The van der Waals surface area contributed by atoms with Crippen LogP contribution in [-0.2, 0) is 0 Å². The Hall–Kier alpha value is -0.260. The first-order chi connectivity index (χ1) is 9.25. The Balaban J connectivity index is 2.67. The highest BCUT2D eigenvalue weighted by Crippen LogP contribution is 2.36. The molecule has 0 aromatic heterocycles. The molecule has 1 aromatic rings. The first-order valence-corrected chi connectivity index (χ1v) is 8.23. The topological polar surface area (TPSA) is 30.5 Å². The van der Waals surface area contributed by atoms with Crippen LogP contribution in [0.25, 0.3) is 0 Å². The highest BCUT2D eigenvalue weighted by Gasteiger charge is 2.20. The number of ether oxygens (including phenoxy) is 2. The molecule has 1 N–H and O–H groups in total. The molecule has 0 radical (unpaired) electrons. The summed E-state index contributed by atoms with van der Waals surface area (Å²) in [6.07, 6.45) is 0. The SMILES string of the molecule is COc1cc(Br)c(OCC(C)(C)CNC(C)C)cc1Br. The lowest BCUT2D eigenvalue weighted by molar-refractivity contribution is 0.172. The van der Waals surface area contributed by atoms with Crippen molar-refractivity contribution in [1.29, 1.82) is 0 Å². The van der Waals surface area contributed by atoms with Crippen molar-refractivity contribution in [3.63, 3.8) is 0 Å². The third-order valence-electron chi connectivity index (χ3n) is 2.81. The van der Waals surface area contributed by atoms with Gasteiger partial charge < -0.3 is 14.8 Å². The molecule has 0 heterocycles. The van der Waals surface area contributed by atoms with E-state index < -0.39 is 0 Å². The van der Waals surface area contributed by atoms with E-state index in [1.807, 2.05) is 12.1 Å². The van der Waals surface area contributed by atoms with Gasteiger partial charge in [-0.3, -0.25) is 0 Å². The monoisotopic (exact) mass is 407 g/mol. The van der Waals surface area contributed by atoms with Crippen LogP contribution in [0.15, 0.2) is 21.1 Å². The van der Waals surface area contributed by atoms with Crippen LogP contribution in [0.5, 0.6) is 11.5 Å². The molecular weight excluding hydrogens is 386 g/mol. The molecule has 3 nitrogen and oxygen atoms in total. The van der Waals surface area contributed by atoms with Gasteiger partial charge in [-0.05, 0) is 44.0 Å². The Kier molecular flexibility index (Phi) is 6.82. The van der Waals surface area contributed by atoms with E-state index in [4.69, 9.17) is 9.47 Å². The third kappa shape index (κ3) is 5.62. The number of rotatable bonds is 7. The molecule has 0 aliphatic heterocycles. The lowest BCUT2D eigenvalue weighted by Gasteiger charge is -2.26. The Labute approximate surface area is 138 Å². The number of halogens is 2. The normalized spacial score (nSPS) is 11.8. The summed E-state index contributed by atoms with van der Waals surface area (Å²) in [6, 6.07) is 4.31. The highest BCUT2D eigenvalue weighted by molar-refractivity contribution is 9.11. The van der Waals surface area contributed by atoms with Gasteiger partial charge in [0, 0.05) is 18.0 Å². The third-order valence-corrected chi connectivity index (χ3v) is 4.05. The van der Waals surface area contributed by atoms with E-state index in [1.165, 1.54) is 0 Å². The quantitative estimate of drug-likeness (QED) is 0.713. The number of methoxy groups -OCH3 is 1. The molecule has 0 aliphatic rings. The van der Waals surface area contributed by atoms with Crippen molar-refractivity contribution in [2.45, 2.75) is 33.7 Å². The lowest BCUT2D eigenvalue weighted by Crippen LogP contribution is -2.37. The first-order valence-electron chi connectivity index (χ1n) is 6.64. The largest absolute Gasteiger partial charge is 0.496 e. The molecule has 0 fully saturated rings. The van der Waals surface area contributed by atoms with Crippen molar-refractivity contribution in [1.82, 2.24) is 5.32 Å². The minimum atomic E-state index is 0.0656. The fourth-order valence-electron chi connectivity index (χ4n) is 1.58. The molecule has 0 atom stereocenters. The second-order valence-electron chi connectivity index (χ2n) is 5.91. The fraction of sp³-hybridized carbons (Fsp3) is 0.600. The summed E-state index contributed by atoms with van der Waals surface area (Å²) in [5, 5.41) is 3.45. The van der Waals surface area contributed by atoms with E-state index in [-0.39, 0.29) is 5.41 Å². The number of benzene rings is 1. The van der Waals surface area contributed by atoms with E-state index in [9.17, 15) is 0 Å². The molecule has 0 amide bonds. The Morgan fingerprint density at radius 1 is 1.15 bits per heavy atom. The predicted octanol–water partition coefficient (Wildman–Crippen LogP) is 4.62. The maximum absolute atomic E-state index is 5.94. The second-order valence-corrected chi connectivity index (χ2v) is 7.61. The van der Waals surface area contributed by atoms with Crippen molar-refractivity contribution in [2.75, 3.05) is 20.3 Å². The van der Waals surface area contributed by atoms with Crippen LogP contribution in [0.4, 0.5) is 0 Å². The number of hydrogen-bond acceptors (Lipinski definition) is 3. The maximum atomic E-state index is 5.94. The molecule has 0 saturated heterocycles. The minimum absolute atomic E-state index is 0.0656. The van der Waals surface area contributed by atoms with E-state index in [0.717, 1.165) is 27.0 Å². The van der Waals surface area contributed by atoms with E-state index in [2.05, 4.69) is 64.9 Å². The smallest absolute Gasteiger partial charge is 0.134 e. The summed E-state index contributed by atoms with van der Waals surface area (Å²) in [4.78, 5) is 0. The predicted molar refractivity (Wildman–Crippen MR) is 90.8 cm³/mol.